The normalized spacial score (nSPS) is 16.9. The summed E-state index contributed by atoms with van der Waals surface area (Å²) in [4.78, 5) is 24.4. The molecule has 0 aromatic heterocycles. The third-order valence-electron chi connectivity index (χ3n) is 3.42. The molecule has 0 bridgehead atoms. The summed E-state index contributed by atoms with van der Waals surface area (Å²) in [5, 5.41) is 8.73. The van der Waals surface area contributed by atoms with Crippen LogP contribution in [0.15, 0.2) is 0 Å². The van der Waals surface area contributed by atoms with E-state index < -0.39 is 5.97 Å². The lowest BCUT2D eigenvalue weighted by atomic mass is 9.93. The van der Waals surface area contributed by atoms with Gasteiger partial charge in [-0.05, 0) is 39.0 Å². The lowest BCUT2D eigenvalue weighted by molar-refractivity contribution is -0.138. The number of carboxylic acid groups (broad SMARTS) is 1. The maximum Gasteiger partial charge on any atom is 0.303 e. The summed E-state index contributed by atoms with van der Waals surface area (Å²) in [5.74, 6) is -0.345. The molecule has 0 aliphatic carbocycles. The number of amides is 1. The number of hydrogen-bond donors (Lipinski definition) is 1. The van der Waals surface area contributed by atoms with Gasteiger partial charge >= 0.3 is 5.97 Å². The molecule has 19 heavy (non-hydrogen) atoms. The molecule has 1 N–H and O–H groups in total. The third kappa shape index (κ3) is 6.57. The summed E-state index contributed by atoms with van der Waals surface area (Å²) in [6.45, 7) is 5.98. The van der Waals surface area contributed by atoms with Crippen molar-refractivity contribution in [1.29, 1.82) is 0 Å². The first-order valence-corrected chi connectivity index (χ1v) is 7.10. The molecule has 0 aromatic rings. The largest absolute Gasteiger partial charge is 0.481 e. The first-order chi connectivity index (χ1) is 8.99. The number of carbonyl (C=O) groups excluding carboxylic acids is 1. The number of aliphatic carboxylic acids is 1. The highest BCUT2D eigenvalue weighted by atomic mass is 16.5. The molecule has 1 rings (SSSR count). The topological polar surface area (TPSA) is 66.8 Å². The molecular formula is C14H25NO4. The minimum Gasteiger partial charge on any atom is -0.481 e. The molecule has 0 atom stereocenters. The molecule has 1 saturated heterocycles. The van der Waals surface area contributed by atoms with Crippen LogP contribution in [-0.2, 0) is 14.3 Å². The zero-order valence-corrected chi connectivity index (χ0v) is 11.9. The maximum atomic E-state index is 11.9. The van der Waals surface area contributed by atoms with Crippen molar-refractivity contribution in [3.63, 3.8) is 0 Å². The van der Waals surface area contributed by atoms with Crippen LogP contribution in [-0.4, -0.2) is 47.7 Å². The molecule has 1 aliphatic rings. The molecule has 0 radical (unpaired) electrons. The van der Waals surface area contributed by atoms with Crippen LogP contribution in [0.3, 0.4) is 0 Å². The van der Waals surface area contributed by atoms with Gasteiger partial charge in [-0.3, -0.25) is 9.59 Å². The van der Waals surface area contributed by atoms with Gasteiger partial charge in [-0.25, -0.2) is 0 Å². The van der Waals surface area contributed by atoms with E-state index in [-0.39, 0.29) is 24.3 Å². The number of carbonyl (C=O) groups is 2. The van der Waals surface area contributed by atoms with Gasteiger partial charge in [-0.15, -0.1) is 0 Å². The number of hydrogen-bond acceptors (Lipinski definition) is 3. The zero-order chi connectivity index (χ0) is 14.3. The van der Waals surface area contributed by atoms with E-state index in [0.717, 1.165) is 19.3 Å². The Bertz CT molecular complexity index is 296. The minimum absolute atomic E-state index is 0.168. The smallest absolute Gasteiger partial charge is 0.303 e. The van der Waals surface area contributed by atoms with Crippen LogP contribution >= 0.6 is 0 Å². The maximum absolute atomic E-state index is 11.9. The minimum atomic E-state index is -0.740. The Kier molecular flexibility index (Phi) is 6.84. The molecule has 5 heteroatoms. The summed E-state index contributed by atoms with van der Waals surface area (Å²) in [7, 11) is 0. The second-order valence-electron chi connectivity index (χ2n) is 5.45. The second kappa shape index (κ2) is 8.15. The van der Waals surface area contributed by atoms with E-state index in [4.69, 9.17) is 9.84 Å². The molecule has 1 heterocycles. The lowest BCUT2D eigenvalue weighted by Gasteiger charge is -2.31. The third-order valence-corrected chi connectivity index (χ3v) is 3.42. The Labute approximate surface area is 114 Å². The Morgan fingerprint density at radius 3 is 2.47 bits per heavy atom. The molecule has 1 amide bonds. The van der Waals surface area contributed by atoms with Crippen molar-refractivity contribution < 1.29 is 19.4 Å². The number of rotatable bonds is 7. The van der Waals surface area contributed by atoms with Gasteiger partial charge in [0, 0.05) is 32.5 Å². The Morgan fingerprint density at radius 1 is 1.32 bits per heavy atom. The number of piperidine rings is 1. The van der Waals surface area contributed by atoms with E-state index in [0.29, 0.717) is 26.1 Å². The van der Waals surface area contributed by atoms with Gasteiger partial charge in [-0.1, -0.05) is 0 Å². The highest BCUT2D eigenvalue weighted by Gasteiger charge is 2.23. The molecule has 0 saturated carbocycles. The van der Waals surface area contributed by atoms with Crippen LogP contribution in [0.4, 0.5) is 0 Å². The molecule has 0 unspecified atom stereocenters. The van der Waals surface area contributed by atoms with Crippen LogP contribution in [0.2, 0.25) is 0 Å². The van der Waals surface area contributed by atoms with Crippen molar-refractivity contribution in [2.24, 2.45) is 5.92 Å². The summed E-state index contributed by atoms with van der Waals surface area (Å²) in [6.07, 6.45) is 3.33. The number of nitrogens with zero attached hydrogens (tertiary/aromatic N) is 1. The predicted molar refractivity (Wildman–Crippen MR) is 71.9 cm³/mol. The molecule has 1 fully saturated rings. The lowest BCUT2D eigenvalue weighted by Crippen LogP contribution is -2.38. The highest BCUT2D eigenvalue weighted by Crippen LogP contribution is 2.21. The molecule has 5 nitrogen and oxygen atoms in total. The van der Waals surface area contributed by atoms with Gasteiger partial charge in [0.25, 0.3) is 0 Å². The van der Waals surface area contributed by atoms with E-state index in [1.807, 2.05) is 18.7 Å². The first kappa shape index (κ1) is 16.0. The molecular weight excluding hydrogens is 246 g/mol. The Morgan fingerprint density at radius 2 is 1.95 bits per heavy atom. The summed E-state index contributed by atoms with van der Waals surface area (Å²) in [6, 6.07) is 0. The Balaban J connectivity index is 2.16. The van der Waals surface area contributed by atoms with Crippen molar-refractivity contribution in [1.82, 2.24) is 4.90 Å². The van der Waals surface area contributed by atoms with Gasteiger partial charge in [0.15, 0.2) is 0 Å². The fourth-order valence-corrected chi connectivity index (χ4v) is 2.33. The second-order valence-corrected chi connectivity index (χ2v) is 5.45. The Hall–Kier alpha value is -1.10. The van der Waals surface area contributed by atoms with Crippen molar-refractivity contribution in [3.8, 4) is 0 Å². The molecule has 0 spiro atoms. The number of likely N-dealkylation sites (tertiary alicyclic amines) is 1. The van der Waals surface area contributed by atoms with Crippen molar-refractivity contribution in [2.75, 3.05) is 19.7 Å². The van der Waals surface area contributed by atoms with Crippen LogP contribution in [0.5, 0.6) is 0 Å². The standard InChI is InChI=1S/C14H25NO4/c1-11(2)19-9-3-4-13(16)15-7-5-12(6-8-15)10-14(17)18/h11-12H,3-10H2,1-2H3,(H,17,18). The fraction of sp³-hybridized carbons (Fsp3) is 0.857. The van der Waals surface area contributed by atoms with E-state index >= 15 is 0 Å². The van der Waals surface area contributed by atoms with Crippen LogP contribution < -0.4 is 0 Å². The average molecular weight is 271 g/mol. The van der Waals surface area contributed by atoms with Crippen LogP contribution in [0, 0.1) is 5.92 Å². The van der Waals surface area contributed by atoms with Gasteiger partial charge in [0.1, 0.15) is 0 Å². The van der Waals surface area contributed by atoms with E-state index in [2.05, 4.69) is 0 Å². The number of carboxylic acids is 1. The zero-order valence-electron chi connectivity index (χ0n) is 11.9. The van der Waals surface area contributed by atoms with Gasteiger partial charge < -0.3 is 14.7 Å². The van der Waals surface area contributed by atoms with Gasteiger partial charge in [-0.2, -0.15) is 0 Å². The SMILES string of the molecule is CC(C)OCCCC(=O)N1CCC(CC(=O)O)CC1. The molecule has 110 valence electrons. The fourth-order valence-electron chi connectivity index (χ4n) is 2.33. The highest BCUT2D eigenvalue weighted by molar-refractivity contribution is 5.76. The molecule has 1 aliphatic heterocycles. The van der Waals surface area contributed by atoms with Crippen molar-refractivity contribution in [3.05, 3.63) is 0 Å². The van der Waals surface area contributed by atoms with Crippen molar-refractivity contribution in [2.45, 2.75) is 52.1 Å². The summed E-state index contributed by atoms with van der Waals surface area (Å²) >= 11 is 0. The first-order valence-electron chi connectivity index (χ1n) is 7.10. The quantitative estimate of drug-likeness (QED) is 0.718. The summed E-state index contributed by atoms with van der Waals surface area (Å²) in [5.41, 5.74) is 0. The van der Waals surface area contributed by atoms with E-state index in [9.17, 15) is 9.59 Å². The monoisotopic (exact) mass is 271 g/mol. The predicted octanol–water partition coefficient (Wildman–Crippen LogP) is 1.90. The van der Waals surface area contributed by atoms with Crippen LogP contribution in [0.1, 0.15) is 46.0 Å². The van der Waals surface area contributed by atoms with E-state index in [1.165, 1.54) is 0 Å². The summed E-state index contributed by atoms with van der Waals surface area (Å²) < 4.78 is 5.40. The van der Waals surface area contributed by atoms with Crippen molar-refractivity contribution >= 4 is 11.9 Å². The van der Waals surface area contributed by atoms with Gasteiger partial charge in [0.2, 0.25) is 5.91 Å². The van der Waals surface area contributed by atoms with E-state index in [1.54, 1.807) is 0 Å². The van der Waals surface area contributed by atoms with Gasteiger partial charge in [0.05, 0.1) is 6.10 Å². The molecule has 0 aromatic carbocycles. The number of ether oxygens (including phenoxy) is 1. The average Bonchev–Trinajstić information content (AvgIpc) is 2.34. The van der Waals surface area contributed by atoms with Crippen LogP contribution in [0.25, 0.3) is 0 Å².